The summed E-state index contributed by atoms with van der Waals surface area (Å²) in [6.07, 6.45) is 4.59. The highest BCUT2D eigenvalue weighted by Crippen LogP contribution is 2.24. The van der Waals surface area contributed by atoms with Crippen LogP contribution in [-0.4, -0.2) is 53.8 Å². The first kappa shape index (κ1) is 17.7. The Kier molecular flexibility index (Phi) is 5.89. The van der Waals surface area contributed by atoms with E-state index >= 15 is 0 Å². The highest BCUT2D eigenvalue weighted by Gasteiger charge is 2.29. The second kappa shape index (κ2) is 8.32. The maximum absolute atomic E-state index is 13.0. The molecule has 2 aromatic rings. The Morgan fingerprint density at radius 2 is 1.88 bits per heavy atom. The number of hydrogen-bond donors (Lipinski definition) is 0. The molecule has 5 heteroatoms. The average molecular weight is 341 g/mol. The molecule has 25 heavy (non-hydrogen) atoms. The number of hydrogen-bond acceptors (Lipinski definition) is 4. The SMILES string of the molecule is CN1CCN(C(C(=O)CCc2ccc(F)cc2)c2cccnc2)CC1. The number of likely N-dealkylation sites (N-methyl/N-ethyl adjacent to an activating group) is 1. The lowest BCUT2D eigenvalue weighted by atomic mass is 9.97. The van der Waals surface area contributed by atoms with Crippen molar-refractivity contribution in [3.05, 3.63) is 65.7 Å². The van der Waals surface area contributed by atoms with Crippen LogP contribution in [0, 0.1) is 5.82 Å². The fourth-order valence-electron chi connectivity index (χ4n) is 3.27. The summed E-state index contributed by atoms with van der Waals surface area (Å²) in [6, 6.07) is 9.99. The minimum absolute atomic E-state index is 0.196. The molecule has 132 valence electrons. The smallest absolute Gasteiger partial charge is 0.154 e. The quantitative estimate of drug-likeness (QED) is 0.809. The molecule has 1 saturated heterocycles. The van der Waals surface area contributed by atoms with Gasteiger partial charge in [0.05, 0.1) is 6.04 Å². The van der Waals surface area contributed by atoms with Gasteiger partial charge in [-0.1, -0.05) is 18.2 Å². The lowest BCUT2D eigenvalue weighted by Gasteiger charge is -2.37. The summed E-state index contributed by atoms with van der Waals surface area (Å²) in [5, 5.41) is 0. The van der Waals surface area contributed by atoms with Crippen molar-refractivity contribution in [3.8, 4) is 0 Å². The van der Waals surface area contributed by atoms with Gasteiger partial charge in [-0.15, -0.1) is 0 Å². The predicted molar refractivity (Wildman–Crippen MR) is 95.8 cm³/mol. The summed E-state index contributed by atoms with van der Waals surface area (Å²) in [5.74, 6) is -0.0531. The molecule has 3 rings (SSSR count). The maximum Gasteiger partial charge on any atom is 0.154 e. The molecule has 1 aliphatic rings. The molecule has 2 heterocycles. The maximum atomic E-state index is 13.0. The number of rotatable bonds is 6. The fourth-order valence-corrected chi connectivity index (χ4v) is 3.27. The van der Waals surface area contributed by atoms with Crippen LogP contribution in [-0.2, 0) is 11.2 Å². The van der Waals surface area contributed by atoms with E-state index in [1.54, 1.807) is 24.5 Å². The second-order valence-electron chi connectivity index (χ2n) is 6.62. The number of aryl methyl sites for hydroxylation is 1. The number of pyridine rings is 1. The second-order valence-corrected chi connectivity index (χ2v) is 6.62. The van der Waals surface area contributed by atoms with E-state index in [1.165, 1.54) is 12.1 Å². The van der Waals surface area contributed by atoms with E-state index in [1.807, 2.05) is 12.1 Å². The third-order valence-corrected chi connectivity index (χ3v) is 4.78. The van der Waals surface area contributed by atoms with E-state index in [-0.39, 0.29) is 17.6 Å². The molecule has 0 amide bonds. The largest absolute Gasteiger partial charge is 0.304 e. The molecule has 1 aromatic carbocycles. The normalized spacial score (nSPS) is 17.4. The van der Waals surface area contributed by atoms with Gasteiger partial charge in [-0.25, -0.2) is 4.39 Å². The summed E-state index contributed by atoms with van der Waals surface area (Å²) in [6.45, 7) is 3.67. The first-order valence-corrected chi connectivity index (χ1v) is 8.73. The molecule has 0 N–H and O–H groups in total. The van der Waals surface area contributed by atoms with E-state index in [0.29, 0.717) is 12.8 Å². The van der Waals surface area contributed by atoms with Crippen LogP contribution in [0.15, 0.2) is 48.8 Å². The standard InChI is InChI=1S/C20H24FN3O/c1-23-11-13-24(14-12-23)20(17-3-2-10-22-15-17)19(25)9-6-16-4-7-18(21)8-5-16/h2-5,7-8,10,15,20H,6,9,11-14H2,1H3. The number of nitrogens with zero attached hydrogens (tertiary/aromatic N) is 3. The van der Waals surface area contributed by atoms with E-state index in [9.17, 15) is 9.18 Å². The summed E-state index contributed by atoms with van der Waals surface area (Å²) < 4.78 is 13.0. The molecule has 0 aliphatic carbocycles. The summed E-state index contributed by atoms with van der Waals surface area (Å²) >= 11 is 0. The van der Waals surface area contributed by atoms with Crippen molar-refractivity contribution in [3.63, 3.8) is 0 Å². The molecule has 1 fully saturated rings. The van der Waals surface area contributed by atoms with Gasteiger partial charge in [0, 0.05) is 45.0 Å². The summed E-state index contributed by atoms with van der Waals surface area (Å²) in [5.41, 5.74) is 1.94. The van der Waals surface area contributed by atoms with Gasteiger partial charge >= 0.3 is 0 Å². The van der Waals surface area contributed by atoms with Gasteiger partial charge in [0.1, 0.15) is 5.82 Å². The lowest BCUT2D eigenvalue weighted by Crippen LogP contribution is -2.47. The van der Waals surface area contributed by atoms with Crippen LogP contribution in [0.2, 0.25) is 0 Å². The minimum atomic E-state index is -0.249. The number of benzene rings is 1. The molecule has 1 aromatic heterocycles. The number of aromatic nitrogens is 1. The zero-order valence-corrected chi connectivity index (χ0v) is 14.6. The van der Waals surface area contributed by atoms with E-state index in [4.69, 9.17) is 0 Å². The van der Waals surface area contributed by atoms with Gasteiger partial charge in [0.25, 0.3) is 0 Å². The number of Topliss-reactive ketones (excluding diaryl/α,β-unsaturated/α-hetero) is 1. The number of halogens is 1. The van der Waals surface area contributed by atoms with Gasteiger partial charge in [-0.3, -0.25) is 14.7 Å². The van der Waals surface area contributed by atoms with Crippen molar-refractivity contribution in [1.29, 1.82) is 0 Å². The van der Waals surface area contributed by atoms with Crippen molar-refractivity contribution < 1.29 is 9.18 Å². The van der Waals surface area contributed by atoms with Crippen LogP contribution in [0.3, 0.4) is 0 Å². The first-order chi connectivity index (χ1) is 12.1. The molecular weight excluding hydrogens is 317 g/mol. The molecular formula is C20H24FN3O. The van der Waals surface area contributed by atoms with Crippen LogP contribution in [0.1, 0.15) is 23.6 Å². The zero-order chi connectivity index (χ0) is 17.6. The highest BCUT2D eigenvalue weighted by atomic mass is 19.1. The molecule has 4 nitrogen and oxygen atoms in total. The van der Waals surface area contributed by atoms with Crippen LogP contribution >= 0.6 is 0 Å². The average Bonchev–Trinajstić information content (AvgIpc) is 2.64. The number of carbonyl (C=O) groups excluding carboxylic acids is 1. The van der Waals surface area contributed by atoms with Crippen molar-refractivity contribution in [2.24, 2.45) is 0 Å². The van der Waals surface area contributed by atoms with Crippen molar-refractivity contribution in [2.75, 3.05) is 33.2 Å². The van der Waals surface area contributed by atoms with E-state index in [2.05, 4.69) is 21.8 Å². The third-order valence-electron chi connectivity index (χ3n) is 4.78. The Balaban J connectivity index is 1.71. The molecule has 0 bridgehead atoms. The topological polar surface area (TPSA) is 36.4 Å². The van der Waals surface area contributed by atoms with Crippen molar-refractivity contribution in [1.82, 2.24) is 14.8 Å². The monoisotopic (exact) mass is 341 g/mol. The third kappa shape index (κ3) is 4.71. The Hall–Kier alpha value is -2.11. The van der Waals surface area contributed by atoms with Crippen LogP contribution < -0.4 is 0 Å². The molecule has 0 spiro atoms. The number of carbonyl (C=O) groups is 1. The molecule has 1 aliphatic heterocycles. The predicted octanol–water partition coefficient (Wildman–Crippen LogP) is 2.71. The van der Waals surface area contributed by atoms with Gasteiger partial charge in [0.2, 0.25) is 0 Å². The lowest BCUT2D eigenvalue weighted by molar-refractivity contribution is -0.125. The Labute approximate surface area is 148 Å². The van der Waals surface area contributed by atoms with Crippen LogP contribution in [0.4, 0.5) is 4.39 Å². The number of ketones is 1. The van der Waals surface area contributed by atoms with E-state index < -0.39 is 0 Å². The van der Waals surface area contributed by atoms with Gasteiger partial charge in [0.15, 0.2) is 5.78 Å². The Morgan fingerprint density at radius 3 is 2.52 bits per heavy atom. The highest BCUT2D eigenvalue weighted by molar-refractivity contribution is 5.85. The number of piperazine rings is 1. The zero-order valence-electron chi connectivity index (χ0n) is 14.6. The van der Waals surface area contributed by atoms with Crippen LogP contribution in [0.25, 0.3) is 0 Å². The minimum Gasteiger partial charge on any atom is -0.304 e. The first-order valence-electron chi connectivity index (χ1n) is 8.73. The van der Waals surface area contributed by atoms with E-state index in [0.717, 1.165) is 37.3 Å². The van der Waals surface area contributed by atoms with Crippen LogP contribution in [0.5, 0.6) is 0 Å². The molecule has 0 radical (unpaired) electrons. The Bertz CT molecular complexity index is 682. The molecule has 1 unspecified atom stereocenters. The van der Waals surface area contributed by atoms with Crippen molar-refractivity contribution >= 4 is 5.78 Å². The van der Waals surface area contributed by atoms with Gasteiger partial charge < -0.3 is 4.90 Å². The van der Waals surface area contributed by atoms with Gasteiger partial charge in [-0.2, -0.15) is 0 Å². The van der Waals surface area contributed by atoms with Crippen molar-refractivity contribution in [2.45, 2.75) is 18.9 Å². The van der Waals surface area contributed by atoms with Gasteiger partial charge in [-0.05, 0) is 42.8 Å². The summed E-state index contributed by atoms with van der Waals surface area (Å²) in [7, 11) is 2.10. The fraction of sp³-hybridized carbons (Fsp3) is 0.400. The molecule has 1 atom stereocenters. The summed E-state index contributed by atoms with van der Waals surface area (Å²) in [4.78, 5) is 21.7. The molecule has 0 saturated carbocycles. The Morgan fingerprint density at radius 1 is 1.16 bits per heavy atom.